The van der Waals surface area contributed by atoms with Crippen LogP contribution in [0.2, 0.25) is 0 Å². The van der Waals surface area contributed by atoms with Gasteiger partial charge in [0.1, 0.15) is 17.2 Å². The molecule has 7 heteroatoms. The van der Waals surface area contributed by atoms with Crippen LogP contribution in [0.15, 0.2) is 42.5 Å². The summed E-state index contributed by atoms with van der Waals surface area (Å²) in [5.74, 6) is 0.668. The molecule has 1 N–H and O–H groups in total. The summed E-state index contributed by atoms with van der Waals surface area (Å²) in [6.07, 6.45) is 4.53. The zero-order valence-electron chi connectivity index (χ0n) is 17.7. The Labute approximate surface area is 177 Å². The molecule has 2 aromatic rings. The highest BCUT2D eigenvalue weighted by Crippen LogP contribution is 2.28. The van der Waals surface area contributed by atoms with Gasteiger partial charge in [0.2, 0.25) is 0 Å². The lowest BCUT2D eigenvalue weighted by atomic mass is 10.2. The molecule has 30 heavy (non-hydrogen) atoms. The van der Waals surface area contributed by atoms with E-state index in [0.29, 0.717) is 35.1 Å². The number of esters is 1. The largest absolute Gasteiger partial charge is 0.497 e. The zero-order valence-corrected chi connectivity index (χ0v) is 17.7. The average molecular weight is 415 g/mol. The SMILES string of the molecule is CCCCCCOc1ccc(C(=O)OCC(=O)Nc2cc(OC)ccc2OC)cc1. The van der Waals surface area contributed by atoms with Gasteiger partial charge in [0.15, 0.2) is 6.61 Å². The smallest absolute Gasteiger partial charge is 0.338 e. The van der Waals surface area contributed by atoms with Gasteiger partial charge < -0.3 is 24.3 Å². The maximum atomic E-state index is 12.2. The molecule has 2 aromatic carbocycles. The summed E-state index contributed by atoms with van der Waals surface area (Å²) in [7, 11) is 3.02. The van der Waals surface area contributed by atoms with E-state index in [9.17, 15) is 9.59 Å². The minimum absolute atomic E-state index is 0.347. The number of hydrogen-bond acceptors (Lipinski definition) is 6. The van der Waals surface area contributed by atoms with Gasteiger partial charge in [-0.05, 0) is 42.8 Å². The van der Waals surface area contributed by atoms with Crippen molar-refractivity contribution < 1.29 is 28.5 Å². The van der Waals surface area contributed by atoms with Crippen LogP contribution in [0.1, 0.15) is 43.0 Å². The van der Waals surface area contributed by atoms with Gasteiger partial charge in [0.25, 0.3) is 5.91 Å². The summed E-state index contributed by atoms with van der Waals surface area (Å²) in [5.41, 5.74) is 0.776. The molecular weight excluding hydrogens is 386 g/mol. The first-order valence-corrected chi connectivity index (χ1v) is 9.99. The van der Waals surface area contributed by atoms with E-state index in [1.165, 1.54) is 27.1 Å². The van der Waals surface area contributed by atoms with Crippen molar-refractivity contribution in [3.63, 3.8) is 0 Å². The summed E-state index contributed by atoms with van der Waals surface area (Å²) < 4.78 is 21.1. The van der Waals surface area contributed by atoms with Crippen molar-refractivity contribution in [1.82, 2.24) is 0 Å². The third kappa shape index (κ3) is 7.31. The molecule has 162 valence electrons. The molecule has 0 atom stereocenters. The molecule has 0 heterocycles. The van der Waals surface area contributed by atoms with E-state index < -0.39 is 18.5 Å². The first-order valence-electron chi connectivity index (χ1n) is 9.99. The molecular formula is C23H29NO6. The lowest BCUT2D eigenvalue weighted by molar-refractivity contribution is -0.119. The van der Waals surface area contributed by atoms with Gasteiger partial charge in [-0.2, -0.15) is 0 Å². The Hall–Kier alpha value is -3.22. The topological polar surface area (TPSA) is 83.1 Å². The Morgan fingerprint density at radius 1 is 0.900 bits per heavy atom. The predicted molar refractivity (Wildman–Crippen MR) is 115 cm³/mol. The molecule has 2 rings (SSSR count). The van der Waals surface area contributed by atoms with E-state index in [1.54, 1.807) is 42.5 Å². The summed E-state index contributed by atoms with van der Waals surface area (Å²) in [5, 5.41) is 2.65. The highest BCUT2D eigenvalue weighted by molar-refractivity contribution is 5.96. The van der Waals surface area contributed by atoms with E-state index in [0.717, 1.165) is 12.8 Å². The molecule has 0 saturated carbocycles. The molecule has 0 bridgehead atoms. The van der Waals surface area contributed by atoms with Crippen molar-refractivity contribution in [2.24, 2.45) is 0 Å². The van der Waals surface area contributed by atoms with Gasteiger partial charge in [-0.3, -0.25) is 4.79 Å². The average Bonchev–Trinajstić information content (AvgIpc) is 2.77. The minimum Gasteiger partial charge on any atom is -0.497 e. The van der Waals surface area contributed by atoms with Crippen LogP contribution in [0.25, 0.3) is 0 Å². The molecule has 0 radical (unpaired) electrons. The second-order valence-electron chi connectivity index (χ2n) is 6.62. The fourth-order valence-corrected chi connectivity index (χ4v) is 2.72. The van der Waals surface area contributed by atoms with E-state index in [-0.39, 0.29) is 0 Å². The summed E-state index contributed by atoms with van der Waals surface area (Å²) in [4.78, 5) is 24.3. The molecule has 7 nitrogen and oxygen atoms in total. The number of hydrogen-bond donors (Lipinski definition) is 1. The van der Waals surface area contributed by atoms with Crippen LogP contribution in [-0.2, 0) is 9.53 Å². The monoisotopic (exact) mass is 415 g/mol. The highest BCUT2D eigenvalue weighted by atomic mass is 16.5. The van der Waals surface area contributed by atoms with E-state index in [1.807, 2.05) is 0 Å². The van der Waals surface area contributed by atoms with E-state index in [2.05, 4.69) is 12.2 Å². The van der Waals surface area contributed by atoms with Crippen molar-refractivity contribution in [2.75, 3.05) is 32.8 Å². The first kappa shape index (κ1) is 23.1. The second-order valence-corrected chi connectivity index (χ2v) is 6.62. The number of methoxy groups -OCH3 is 2. The Morgan fingerprint density at radius 2 is 1.63 bits per heavy atom. The number of amides is 1. The minimum atomic E-state index is -0.586. The number of benzene rings is 2. The number of anilines is 1. The number of nitrogens with one attached hydrogen (secondary N) is 1. The van der Waals surface area contributed by atoms with Gasteiger partial charge in [-0.25, -0.2) is 4.79 Å². The molecule has 0 aliphatic carbocycles. The molecule has 0 unspecified atom stereocenters. The van der Waals surface area contributed by atoms with Crippen molar-refractivity contribution in [3.8, 4) is 17.2 Å². The fraction of sp³-hybridized carbons (Fsp3) is 0.391. The van der Waals surface area contributed by atoms with Gasteiger partial charge in [0.05, 0.1) is 32.1 Å². The van der Waals surface area contributed by atoms with Crippen LogP contribution in [-0.4, -0.2) is 39.3 Å². The number of carbonyl (C=O) groups is 2. The van der Waals surface area contributed by atoms with Crippen molar-refractivity contribution in [2.45, 2.75) is 32.6 Å². The number of unbranched alkanes of at least 4 members (excludes halogenated alkanes) is 3. The molecule has 0 spiro atoms. The maximum absolute atomic E-state index is 12.2. The summed E-state index contributed by atoms with van der Waals surface area (Å²) >= 11 is 0. The third-order valence-corrected chi connectivity index (χ3v) is 4.37. The Balaban J connectivity index is 1.81. The van der Waals surface area contributed by atoms with Crippen molar-refractivity contribution >= 4 is 17.6 Å². The van der Waals surface area contributed by atoms with Gasteiger partial charge in [-0.1, -0.05) is 26.2 Å². The zero-order chi connectivity index (χ0) is 21.8. The van der Waals surface area contributed by atoms with Crippen molar-refractivity contribution in [1.29, 1.82) is 0 Å². The van der Waals surface area contributed by atoms with Crippen LogP contribution in [0.3, 0.4) is 0 Å². The van der Waals surface area contributed by atoms with Crippen LogP contribution < -0.4 is 19.5 Å². The normalized spacial score (nSPS) is 10.2. The number of carbonyl (C=O) groups excluding carboxylic acids is 2. The molecule has 0 fully saturated rings. The lowest BCUT2D eigenvalue weighted by Gasteiger charge is -2.12. The lowest BCUT2D eigenvalue weighted by Crippen LogP contribution is -2.21. The van der Waals surface area contributed by atoms with Gasteiger partial charge >= 0.3 is 5.97 Å². The van der Waals surface area contributed by atoms with Gasteiger partial charge in [-0.15, -0.1) is 0 Å². The Bertz CT molecular complexity index is 819. The van der Waals surface area contributed by atoms with E-state index >= 15 is 0 Å². The maximum Gasteiger partial charge on any atom is 0.338 e. The standard InChI is InChI=1S/C23H29NO6/c1-4-5-6-7-14-29-18-10-8-17(9-11-18)23(26)30-16-22(25)24-20-15-19(27-2)12-13-21(20)28-3/h8-13,15H,4-7,14,16H2,1-3H3,(H,24,25). The van der Waals surface area contributed by atoms with Crippen LogP contribution in [0.4, 0.5) is 5.69 Å². The molecule has 0 aromatic heterocycles. The number of rotatable bonds is 12. The summed E-state index contributed by atoms with van der Waals surface area (Å²) in [6, 6.07) is 11.7. The van der Waals surface area contributed by atoms with Gasteiger partial charge in [0, 0.05) is 6.07 Å². The Kier molecular flexibility index (Phi) is 9.51. The Morgan fingerprint density at radius 3 is 2.30 bits per heavy atom. The molecule has 0 aliphatic heterocycles. The highest BCUT2D eigenvalue weighted by Gasteiger charge is 2.13. The quantitative estimate of drug-likeness (QED) is 0.407. The van der Waals surface area contributed by atoms with Crippen LogP contribution in [0, 0.1) is 0 Å². The molecule has 0 aliphatic rings. The fourth-order valence-electron chi connectivity index (χ4n) is 2.72. The third-order valence-electron chi connectivity index (χ3n) is 4.37. The molecule has 0 saturated heterocycles. The number of ether oxygens (including phenoxy) is 4. The van der Waals surface area contributed by atoms with Crippen LogP contribution >= 0.6 is 0 Å². The van der Waals surface area contributed by atoms with Crippen molar-refractivity contribution in [3.05, 3.63) is 48.0 Å². The second kappa shape index (κ2) is 12.4. The molecule has 1 amide bonds. The summed E-state index contributed by atoms with van der Waals surface area (Å²) in [6.45, 7) is 2.39. The first-order chi connectivity index (χ1) is 14.6. The predicted octanol–water partition coefficient (Wildman–Crippen LogP) is 4.46. The van der Waals surface area contributed by atoms with Crippen LogP contribution in [0.5, 0.6) is 17.2 Å². The van der Waals surface area contributed by atoms with E-state index in [4.69, 9.17) is 18.9 Å².